The number of amides is 7. The lowest BCUT2D eigenvalue weighted by molar-refractivity contribution is -0.148. The highest BCUT2D eigenvalue weighted by molar-refractivity contribution is 5.98. The van der Waals surface area contributed by atoms with Gasteiger partial charge in [-0.2, -0.15) is 0 Å². The van der Waals surface area contributed by atoms with Crippen molar-refractivity contribution in [3.05, 3.63) is 29.8 Å². The third kappa shape index (κ3) is 17.5. The van der Waals surface area contributed by atoms with Crippen molar-refractivity contribution in [2.75, 3.05) is 26.2 Å². The van der Waals surface area contributed by atoms with Gasteiger partial charge in [-0.25, -0.2) is 0 Å². The molecule has 0 spiro atoms. The lowest BCUT2D eigenvalue weighted by Gasteiger charge is -2.34. The van der Waals surface area contributed by atoms with Crippen LogP contribution < -0.4 is 32.3 Å². The minimum absolute atomic E-state index is 0.00714. The van der Waals surface area contributed by atoms with E-state index in [1.807, 2.05) is 0 Å². The molecular formula is C50H82N8O15. The van der Waals surface area contributed by atoms with E-state index in [9.17, 15) is 74.4 Å². The topological polar surface area (TPSA) is 374 Å². The summed E-state index contributed by atoms with van der Waals surface area (Å²) in [5, 5.41) is 100. The van der Waals surface area contributed by atoms with Gasteiger partial charge in [0.15, 0.2) is 0 Å². The van der Waals surface area contributed by atoms with E-state index in [1.54, 1.807) is 0 Å². The molecule has 0 aliphatic carbocycles. The number of rotatable bonds is 20. The van der Waals surface area contributed by atoms with Crippen molar-refractivity contribution in [1.82, 2.24) is 36.4 Å². The molecule has 412 valence electrons. The molecule has 0 radical (unpaired) electrons. The Morgan fingerprint density at radius 3 is 2.00 bits per heavy atom. The number of phenolic OH excluding ortho intramolecular Hbond substituents is 1. The number of aliphatic hydroxyl groups is 7. The second-order valence-corrected chi connectivity index (χ2v) is 20.4. The van der Waals surface area contributed by atoms with Crippen LogP contribution in [0.2, 0.25) is 0 Å². The van der Waals surface area contributed by atoms with E-state index in [0.29, 0.717) is 18.3 Å². The third-order valence-corrected chi connectivity index (χ3v) is 14.2. The largest absolute Gasteiger partial charge is 0.508 e. The van der Waals surface area contributed by atoms with Gasteiger partial charge in [-0.15, -0.1) is 0 Å². The van der Waals surface area contributed by atoms with Crippen LogP contribution in [0, 0.1) is 11.8 Å². The molecule has 7 amide bonds. The molecule has 23 heteroatoms. The Hall–Kier alpha value is -5.01. The summed E-state index contributed by atoms with van der Waals surface area (Å²) in [6, 6.07) is -6.08. The van der Waals surface area contributed by atoms with Crippen LogP contribution in [-0.2, 0) is 33.6 Å². The minimum Gasteiger partial charge on any atom is -0.508 e. The number of β-amino-alcohol motifs (C(OH)–C–C–N with tert-alkyl or cyclic N) is 1. The Kier molecular flexibility index (Phi) is 24.2. The summed E-state index contributed by atoms with van der Waals surface area (Å²) in [4.78, 5) is 100. The van der Waals surface area contributed by atoms with Gasteiger partial charge < -0.3 is 83.0 Å². The number of carbonyl (C=O) groups excluding carboxylic acids is 7. The smallest absolute Gasteiger partial charge is 0.248 e. The summed E-state index contributed by atoms with van der Waals surface area (Å²) in [6.45, 7) is 6.32. The predicted molar refractivity (Wildman–Crippen MR) is 264 cm³/mol. The van der Waals surface area contributed by atoms with Gasteiger partial charge in [-0.1, -0.05) is 77.8 Å². The summed E-state index contributed by atoms with van der Waals surface area (Å²) in [5.41, 5.74) is 5.66. The van der Waals surface area contributed by atoms with Crippen molar-refractivity contribution in [1.29, 1.82) is 0 Å². The number of aliphatic hydroxyl groups excluding tert-OH is 7. The highest BCUT2D eigenvalue weighted by atomic mass is 16.3. The molecule has 3 heterocycles. The van der Waals surface area contributed by atoms with Crippen molar-refractivity contribution < 1.29 is 74.4 Å². The SMILES string of the molecule is CC[C@H](C)C[C@H](C)CCCCCCCCC(=O)N[C@H]1C[C@@H](O)CNC(=O)[C@@H]2[C@@H](O)CCN2C(=O)[C@H]([C@H](O)CCN)NC(=O)[C@H]([C@H](O)[C@@H](O)c2ccc(O)cc2)NC(=O)[C@@H]2C[C@@H](O)CN2C(=O)[C@H]([C@@H](C)O)NC1=O. The monoisotopic (exact) mass is 1030 g/mol. The molecule has 0 unspecified atom stereocenters. The molecule has 3 aliphatic rings. The third-order valence-electron chi connectivity index (χ3n) is 14.2. The normalized spacial score (nSPS) is 28.5. The van der Waals surface area contributed by atoms with E-state index in [2.05, 4.69) is 47.4 Å². The summed E-state index contributed by atoms with van der Waals surface area (Å²) in [5.74, 6) is -6.18. The number of benzene rings is 1. The quantitative estimate of drug-likeness (QED) is 0.0617. The van der Waals surface area contributed by atoms with Gasteiger partial charge >= 0.3 is 0 Å². The summed E-state index contributed by atoms with van der Waals surface area (Å²) in [6.07, 6.45) is -4.74. The maximum absolute atomic E-state index is 14.4. The zero-order valence-corrected chi connectivity index (χ0v) is 42.6. The van der Waals surface area contributed by atoms with Crippen LogP contribution in [0.1, 0.15) is 129 Å². The number of unbranched alkanes of at least 4 members (excludes halogenated alkanes) is 5. The first kappa shape index (κ1) is 60.5. The molecule has 23 nitrogen and oxygen atoms in total. The van der Waals surface area contributed by atoms with Crippen LogP contribution in [-0.4, -0.2) is 191 Å². The Morgan fingerprint density at radius 2 is 1.36 bits per heavy atom. The first-order valence-electron chi connectivity index (χ1n) is 25.9. The van der Waals surface area contributed by atoms with Crippen molar-refractivity contribution in [3.63, 3.8) is 0 Å². The number of nitrogens with one attached hydrogen (secondary N) is 5. The van der Waals surface area contributed by atoms with Gasteiger partial charge in [0.2, 0.25) is 41.4 Å². The number of nitrogens with two attached hydrogens (primary N) is 1. The second-order valence-electron chi connectivity index (χ2n) is 20.4. The molecule has 4 rings (SSSR count). The molecule has 3 fully saturated rings. The van der Waals surface area contributed by atoms with Gasteiger partial charge in [0.05, 0.1) is 30.5 Å². The van der Waals surface area contributed by atoms with Crippen LogP contribution in [0.15, 0.2) is 24.3 Å². The molecule has 0 aromatic heterocycles. The van der Waals surface area contributed by atoms with Crippen LogP contribution in [0.3, 0.4) is 0 Å². The number of carbonyl (C=O) groups is 7. The summed E-state index contributed by atoms with van der Waals surface area (Å²) >= 11 is 0. The van der Waals surface area contributed by atoms with E-state index in [0.717, 1.165) is 61.7 Å². The van der Waals surface area contributed by atoms with E-state index in [4.69, 9.17) is 5.73 Å². The average Bonchev–Trinajstić information content (AvgIpc) is 3.94. The number of nitrogens with zero attached hydrogens (tertiary/aromatic N) is 2. The van der Waals surface area contributed by atoms with Crippen molar-refractivity contribution in [2.45, 2.75) is 197 Å². The lowest BCUT2D eigenvalue weighted by Crippen LogP contribution is -2.64. The number of phenols is 1. The van der Waals surface area contributed by atoms with Crippen LogP contribution in [0.25, 0.3) is 0 Å². The number of hydrogen-bond donors (Lipinski definition) is 14. The molecule has 0 saturated carbocycles. The molecule has 3 aliphatic heterocycles. The fraction of sp³-hybridized carbons (Fsp3) is 0.740. The van der Waals surface area contributed by atoms with Crippen molar-refractivity contribution in [2.24, 2.45) is 17.6 Å². The molecule has 3 saturated heterocycles. The highest BCUT2D eigenvalue weighted by Gasteiger charge is 2.48. The molecule has 73 heavy (non-hydrogen) atoms. The first-order valence-corrected chi connectivity index (χ1v) is 25.9. The molecule has 15 N–H and O–H groups in total. The summed E-state index contributed by atoms with van der Waals surface area (Å²) in [7, 11) is 0. The van der Waals surface area contributed by atoms with E-state index >= 15 is 0 Å². The first-order chi connectivity index (χ1) is 34.6. The van der Waals surface area contributed by atoms with Gasteiger partial charge in [0.1, 0.15) is 54.2 Å². The zero-order valence-electron chi connectivity index (χ0n) is 42.6. The molecule has 15 atom stereocenters. The lowest BCUT2D eigenvalue weighted by atomic mass is 9.91. The zero-order chi connectivity index (χ0) is 54.1. The van der Waals surface area contributed by atoms with Gasteiger partial charge in [0.25, 0.3) is 0 Å². The number of fused-ring (bicyclic) bond motifs is 2. The fourth-order valence-corrected chi connectivity index (χ4v) is 9.79. The van der Waals surface area contributed by atoms with Crippen LogP contribution in [0.4, 0.5) is 0 Å². The standard InChI is InChI=1S/C50H82N8O15/c1-5-27(2)22-28(3)12-10-8-6-7-9-11-13-38(65)53-34-23-32(61)25-52-48(71)42-37(64)19-21-57(42)50(73)40(36(63)18-20-51)55-47(70)41(44(67)43(66)30-14-16-31(60)17-15-30)56-46(69)35-24-33(62)26-58(35)49(72)39(29(4)59)54-45(34)68/h14-17,27-29,32-37,39-44,59-64,66-67H,5-13,18-26,51H2,1-4H3,(H,52,71)(H,53,65)(H,54,68)(H,55,70)(H,56,69)/t27-,28+,29+,32+,33+,34-,35-,36+,37-,39-,40-,41-,42-,43-,44-/m0/s1. The Morgan fingerprint density at radius 1 is 0.740 bits per heavy atom. The Bertz CT molecular complexity index is 1980. The highest BCUT2D eigenvalue weighted by Crippen LogP contribution is 2.26. The van der Waals surface area contributed by atoms with Crippen molar-refractivity contribution >= 4 is 41.4 Å². The molecule has 0 bridgehead atoms. The Labute approximate surface area is 427 Å². The van der Waals surface area contributed by atoms with E-state index in [1.165, 1.54) is 30.7 Å². The molecular weight excluding hydrogens is 953 g/mol. The maximum atomic E-state index is 14.4. The van der Waals surface area contributed by atoms with E-state index in [-0.39, 0.29) is 43.7 Å². The van der Waals surface area contributed by atoms with Crippen LogP contribution in [0.5, 0.6) is 5.75 Å². The Balaban J connectivity index is 1.65. The van der Waals surface area contributed by atoms with Gasteiger partial charge in [0, 0.05) is 38.9 Å². The van der Waals surface area contributed by atoms with Crippen LogP contribution >= 0.6 is 0 Å². The fourth-order valence-electron chi connectivity index (χ4n) is 9.79. The molecule has 1 aromatic rings. The summed E-state index contributed by atoms with van der Waals surface area (Å²) < 4.78 is 0. The number of aromatic hydroxyl groups is 1. The van der Waals surface area contributed by atoms with Gasteiger partial charge in [-0.3, -0.25) is 33.6 Å². The second kappa shape index (κ2) is 29.2. The van der Waals surface area contributed by atoms with Gasteiger partial charge in [-0.05, 0) is 68.7 Å². The average molecular weight is 1040 g/mol. The predicted octanol–water partition coefficient (Wildman–Crippen LogP) is -2.19. The number of hydrogen-bond acceptors (Lipinski definition) is 16. The maximum Gasteiger partial charge on any atom is 0.248 e. The molecule has 1 aromatic carbocycles. The van der Waals surface area contributed by atoms with Crippen molar-refractivity contribution in [3.8, 4) is 5.75 Å². The minimum atomic E-state index is -2.26. The van der Waals surface area contributed by atoms with E-state index < -0.39 is 146 Å².